The molecule has 21 heavy (non-hydrogen) atoms. The molecule has 0 aliphatic heterocycles. The first kappa shape index (κ1) is 15.4. The van der Waals surface area contributed by atoms with Crippen molar-refractivity contribution in [2.24, 2.45) is 0 Å². The second-order valence-electron chi connectivity index (χ2n) is 4.25. The summed E-state index contributed by atoms with van der Waals surface area (Å²) < 4.78 is 57.2. The molecule has 2 rings (SSSR count). The summed E-state index contributed by atoms with van der Waals surface area (Å²) in [5.74, 6) is -1.46. The smallest absolute Gasteiger partial charge is 0.240 e. The molecule has 0 radical (unpaired) electrons. The van der Waals surface area contributed by atoms with Crippen molar-refractivity contribution in [3.05, 3.63) is 59.7 Å². The van der Waals surface area contributed by atoms with E-state index in [0.717, 1.165) is 12.1 Å². The van der Waals surface area contributed by atoms with E-state index in [2.05, 4.69) is 4.72 Å². The number of sulfonamides is 1. The Morgan fingerprint density at radius 1 is 1.05 bits per heavy atom. The molecule has 112 valence electrons. The molecule has 0 saturated carbocycles. The van der Waals surface area contributed by atoms with Crippen molar-refractivity contribution in [1.29, 1.82) is 0 Å². The quantitative estimate of drug-likeness (QED) is 0.922. The summed E-state index contributed by atoms with van der Waals surface area (Å²) in [5.41, 5.74) is 0.325. The molecule has 4 nitrogen and oxygen atoms in total. The summed E-state index contributed by atoms with van der Waals surface area (Å²) in [7, 11) is -2.25. The van der Waals surface area contributed by atoms with Crippen LogP contribution in [0.2, 0.25) is 0 Å². The average Bonchev–Trinajstić information content (AvgIpc) is 2.48. The van der Waals surface area contributed by atoms with Gasteiger partial charge in [-0.3, -0.25) is 0 Å². The summed E-state index contributed by atoms with van der Waals surface area (Å²) >= 11 is 0. The average molecular weight is 313 g/mol. The van der Waals surface area contributed by atoms with Gasteiger partial charge in [0.25, 0.3) is 0 Å². The minimum Gasteiger partial charge on any atom is -0.497 e. The minimum atomic E-state index is -3.73. The van der Waals surface area contributed by atoms with E-state index in [0.29, 0.717) is 11.3 Å². The fourth-order valence-electron chi connectivity index (χ4n) is 1.67. The fourth-order valence-corrected chi connectivity index (χ4v) is 2.68. The van der Waals surface area contributed by atoms with Crippen molar-refractivity contribution in [2.45, 2.75) is 11.4 Å². The highest BCUT2D eigenvalue weighted by Crippen LogP contribution is 2.16. The van der Waals surface area contributed by atoms with Crippen LogP contribution < -0.4 is 9.46 Å². The lowest BCUT2D eigenvalue weighted by Gasteiger charge is -2.08. The van der Waals surface area contributed by atoms with Gasteiger partial charge in [0.15, 0.2) is 11.6 Å². The Hall–Kier alpha value is -1.99. The van der Waals surface area contributed by atoms with Gasteiger partial charge < -0.3 is 4.74 Å². The Morgan fingerprint density at radius 3 is 2.29 bits per heavy atom. The molecule has 0 heterocycles. The number of rotatable bonds is 5. The molecule has 0 aromatic heterocycles. The molecule has 1 N–H and O–H groups in total. The monoisotopic (exact) mass is 313 g/mol. The molecule has 0 saturated heterocycles. The van der Waals surface area contributed by atoms with Gasteiger partial charge in [-0.05, 0) is 42.0 Å². The molecule has 0 spiro atoms. The first-order valence-corrected chi connectivity index (χ1v) is 7.48. The van der Waals surface area contributed by atoms with E-state index in [4.69, 9.17) is 4.74 Å². The third kappa shape index (κ3) is 3.77. The van der Waals surface area contributed by atoms with E-state index < -0.39 is 21.7 Å². The molecule has 0 atom stereocenters. The maximum absolute atomic E-state index is 13.0. The number of ether oxygens (including phenoxy) is 1. The van der Waals surface area contributed by atoms with E-state index in [-0.39, 0.29) is 11.4 Å². The van der Waals surface area contributed by atoms with Crippen LogP contribution in [0.4, 0.5) is 8.78 Å². The molecule has 0 bridgehead atoms. The standard InChI is InChI=1S/C14H13F2NO3S/c1-20-11-3-5-12(6-4-11)21(18,19)17-9-10-2-7-13(15)14(16)8-10/h2-8,17H,9H2,1H3. The van der Waals surface area contributed by atoms with E-state index in [9.17, 15) is 17.2 Å². The fraction of sp³-hybridized carbons (Fsp3) is 0.143. The Balaban J connectivity index is 2.11. The van der Waals surface area contributed by atoms with Crippen molar-refractivity contribution in [2.75, 3.05) is 7.11 Å². The van der Waals surface area contributed by atoms with Gasteiger partial charge in [0.05, 0.1) is 12.0 Å². The van der Waals surface area contributed by atoms with Gasteiger partial charge in [-0.15, -0.1) is 0 Å². The largest absolute Gasteiger partial charge is 0.497 e. The topological polar surface area (TPSA) is 55.4 Å². The van der Waals surface area contributed by atoms with Crippen LogP contribution in [0.1, 0.15) is 5.56 Å². The lowest BCUT2D eigenvalue weighted by Crippen LogP contribution is -2.23. The number of benzene rings is 2. The van der Waals surface area contributed by atoms with Gasteiger partial charge in [0.2, 0.25) is 10.0 Å². The highest BCUT2D eigenvalue weighted by atomic mass is 32.2. The second kappa shape index (κ2) is 6.19. The predicted molar refractivity (Wildman–Crippen MR) is 73.4 cm³/mol. The number of methoxy groups -OCH3 is 1. The maximum Gasteiger partial charge on any atom is 0.240 e. The number of hydrogen-bond donors (Lipinski definition) is 1. The second-order valence-corrected chi connectivity index (χ2v) is 6.02. The lowest BCUT2D eigenvalue weighted by atomic mass is 10.2. The first-order valence-electron chi connectivity index (χ1n) is 6.00. The van der Waals surface area contributed by atoms with E-state index in [1.807, 2.05) is 0 Å². The Morgan fingerprint density at radius 2 is 1.71 bits per heavy atom. The van der Waals surface area contributed by atoms with Crippen LogP contribution in [0.5, 0.6) is 5.75 Å². The molecule has 2 aromatic rings. The van der Waals surface area contributed by atoms with Crippen LogP contribution in [0, 0.1) is 11.6 Å². The molecule has 0 unspecified atom stereocenters. The van der Waals surface area contributed by atoms with Crippen molar-refractivity contribution in [1.82, 2.24) is 4.72 Å². The van der Waals surface area contributed by atoms with Crippen LogP contribution in [-0.4, -0.2) is 15.5 Å². The third-order valence-electron chi connectivity index (χ3n) is 2.82. The highest BCUT2D eigenvalue weighted by Gasteiger charge is 2.14. The normalized spacial score (nSPS) is 11.4. The lowest BCUT2D eigenvalue weighted by molar-refractivity contribution is 0.414. The van der Waals surface area contributed by atoms with Crippen LogP contribution in [0.3, 0.4) is 0 Å². The number of nitrogens with one attached hydrogen (secondary N) is 1. The van der Waals surface area contributed by atoms with Crippen molar-refractivity contribution in [3.63, 3.8) is 0 Å². The predicted octanol–water partition coefficient (Wildman–Crippen LogP) is 2.45. The van der Waals surface area contributed by atoms with Crippen LogP contribution >= 0.6 is 0 Å². The molecule has 0 amide bonds. The zero-order valence-electron chi connectivity index (χ0n) is 11.1. The summed E-state index contributed by atoms with van der Waals surface area (Å²) in [6.45, 7) is -0.133. The third-order valence-corrected chi connectivity index (χ3v) is 4.24. The van der Waals surface area contributed by atoms with Crippen molar-refractivity contribution >= 4 is 10.0 Å². The minimum absolute atomic E-state index is 0.0610. The van der Waals surface area contributed by atoms with E-state index >= 15 is 0 Å². The molecule has 2 aromatic carbocycles. The molecular weight excluding hydrogens is 300 g/mol. The molecule has 7 heteroatoms. The molecular formula is C14H13F2NO3S. The SMILES string of the molecule is COc1ccc(S(=O)(=O)NCc2ccc(F)c(F)c2)cc1. The molecule has 0 fully saturated rings. The summed E-state index contributed by atoms with van der Waals surface area (Å²) in [5, 5.41) is 0. The number of halogens is 2. The molecule has 0 aliphatic rings. The van der Waals surface area contributed by atoms with Crippen LogP contribution in [0.15, 0.2) is 47.4 Å². The van der Waals surface area contributed by atoms with Crippen molar-refractivity contribution < 1.29 is 21.9 Å². The first-order chi connectivity index (χ1) is 9.92. The maximum atomic E-state index is 13.0. The Labute approximate surface area is 121 Å². The molecule has 0 aliphatic carbocycles. The van der Waals surface area contributed by atoms with Gasteiger partial charge >= 0.3 is 0 Å². The summed E-state index contributed by atoms with van der Waals surface area (Å²) in [6, 6.07) is 9.05. The van der Waals surface area contributed by atoms with Crippen molar-refractivity contribution in [3.8, 4) is 5.75 Å². The zero-order valence-corrected chi connectivity index (χ0v) is 12.0. The van der Waals surface area contributed by atoms with Gasteiger partial charge in [0, 0.05) is 6.54 Å². The van der Waals surface area contributed by atoms with Gasteiger partial charge in [-0.1, -0.05) is 6.07 Å². The Kier molecular flexibility index (Phi) is 4.54. The van der Waals surface area contributed by atoms with Gasteiger partial charge in [-0.2, -0.15) is 0 Å². The van der Waals surface area contributed by atoms with Gasteiger partial charge in [-0.25, -0.2) is 21.9 Å². The van der Waals surface area contributed by atoms with E-state index in [1.165, 1.54) is 37.4 Å². The zero-order chi connectivity index (χ0) is 15.5. The van der Waals surface area contributed by atoms with Crippen LogP contribution in [-0.2, 0) is 16.6 Å². The summed E-state index contributed by atoms with van der Waals surface area (Å²) in [4.78, 5) is 0.0610. The number of hydrogen-bond acceptors (Lipinski definition) is 3. The highest BCUT2D eigenvalue weighted by molar-refractivity contribution is 7.89. The Bertz CT molecular complexity index is 730. The van der Waals surface area contributed by atoms with Crippen LogP contribution in [0.25, 0.3) is 0 Å². The van der Waals surface area contributed by atoms with Gasteiger partial charge in [0.1, 0.15) is 5.75 Å². The summed E-state index contributed by atoms with van der Waals surface area (Å²) in [6.07, 6.45) is 0. The van der Waals surface area contributed by atoms with E-state index in [1.54, 1.807) is 0 Å².